The van der Waals surface area contributed by atoms with Crippen molar-refractivity contribution in [2.24, 2.45) is 4.99 Å². The van der Waals surface area contributed by atoms with Gasteiger partial charge in [-0.25, -0.2) is 4.39 Å². The van der Waals surface area contributed by atoms with Crippen molar-refractivity contribution in [2.45, 2.75) is 19.7 Å². The average Bonchev–Trinajstić information content (AvgIpc) is 2.63. The molecule has 0 aromatic heterocycles. The van der Waals surface area contributed by atoms with E-state index in [2.05, 4.69) is 10.3 Å². The van der Waals surface area contributed by atoms with Gasteiger partial charge in [-0.05, 0) is 23.8 Å². The van der Waals surface area contributed by atoms with E-state index in [0.29, 0.717) is 19.0 Å². The lowest BCUT2D eigenvalue weighted by molar-refractivity contribution is 0.275. The molecule has 2 aromatic rings. The first-order valence-electron chi connectivity index (χ1n) is 8.01. The van der Waals surface area contributed by atoms with E-state index in [1.807, 2.05) is 36.2 Å². The number of nitrogens with one attached hydrogen (secondary N) is 1. The maximum absolute atomic E-state index is 13.5. The van der Waals surface area contributed by atoms with Crippen LogP contribution in [0.15, 0.2) is 47.5 Å². The molecule has 0 bridgehead atoms. The van der Waals surface area contributed by atoms with E-state index < -0.39 is 5.82 Å². The van der Waals surface area contributed by atoms with Gasteiger partial charge in [0, 0.05) is 38.3 Å². The van der Waals surface area contributed by atoms with E-state index in [-0.39, 0.29) is 12.2 Å². The van der Waals surface area contributed by atoms with E-state index in [4.69, 9.17) is 9.84 Å². The summed E-state index contributed by atoms with van der Waals surface area (Å²) in [6.07, 6.45) is 0. The van der Waals surface area contributed by atoms with Crippen molar-refractivity contribution in [3.05, 3.63) is 65.0 Å². The summed E-state index contributed by atoms with van der Waals surface area (Å²) < 4.78 is 18.8. The fraction of sp³-hybridized carbons (Fsp3) is 0.316. The molecule has 0 aliphatic rings. The summed E-state index contributed by atoms with van der Waals surface area (Å²) in [5.41, 5.74) is 2.22. The average molecular weight is 345 g/mol. The SMILES string of the molecule is CN=C(NCc1ccc(F)c(CO)c1)N(C)Cc1ccccc1OC. The largest absolute Gasteiger partial charge is 0.496 e. The summed E-state index contributed by atoms with van der Waals surface area (Å²) in [4.78, 5) is 6.26. The first-order valence-corrected chi connectivity index (χ1v) is 8.01. The third-order valence-electron chi connectivity index (χ3n) is 3.90. The van der Waals surface area contributed by atoms with Gasteiger partial charge in [0.15, 0.2) is 5.96 Å². The summed E-state index contributed by atoms with van der Waals surface area (Å²) in [5, 5.41) is 12.4. The molecular weight excluding hydrogens is 321 g/mol. The lowest BCUT2D eigenvalue weighted by Gasteiger charge is -2.23. The highest BCUT2D eigenvalue weighted by atomic mass is 19.1. The van der Waals surface area contributed by atoms with Crippen molar-refractivity contribution in [1.29, 1.82) is 0 Å². The van der Waals surface area contributed by atoms with E-state index in [1.54, 1.807) is 26.3 Å². The van der Waals surface area contributed by atoms with Crippen LogP contribution in [-0.2, 0) is 19.7 Å². The number of guanidine groups is 1. The van der Waals surface area contributed by atoms with Gasteiger partial charge in [-0.2, -0.15) is 0 Å². The van der Waals surface area contributed by atoms with Gasteiger partial charge in [0.2, 0.25) is 0 Å². The number of halogens is 1. The van der Waals surface area contributed by atoms with Crippen molar-refractivity contribution >= 4 is 5.96 Å². The van der Waals surface area contributed by atoms with Gasteiger partial charge in [-0.15, -0.1) is 0 Å². The van der Waals surface area contributed by atoms with Crippen LogP contribution in [0.3, 0.4) is 0 Å². The maximum atomic E-state index is 13.5. The van der Waals surface area contributed by atoms with Gasteiger partial charge >= 0.3 is 0 Å². The lowest BCUT2D eigenvalue weighted by Crippen LogP contribution is -2.38. The normalized spacial score (nSPS) is 11.3. The summed E-state index contributed by atoms with van der Waals surface area (Å²) in [5.74, 6) is 1.14. The molecule has 2 N–H and O–H groups in total. The Bertz CT molecular complexity index is 734. The molecule has 5 nitrogen and oxygen atoms in total. The topological polar surface area (TPSA) is 57.1 Å². The van der Waals surface area contributed by atoms with Crippen LogP contribution >= 0.6 is 0 Å². The summed E-state index contributed by atoms with van der Waals surface area (Å²) in [6, 6.07) is 12.5. The molecular formula is C19H24FN3O2. The number of ether oxygens (including phenoxy) is 1. The molecule has 0 heterocycles. The minimum Gasteiger partial charge on any atom is -0.496 e. The molecule has 0 aliphatic carbocycles. The van der Waals surface area contributed by atoms with Crippen LogP contribution < -0.4 is 10.1 Å². The van der Waals surface area contributed by atoms with Crippen molar-refractivity contribution in [3.63, 3.8) is 0 Å². The second-order valence-corrected chi connectivity index (χ2v) is 5.65. The van der Waals surface area contributed by atoms with E-state index in [0.717, 1.165) is 16.9 Å². The summed E-state index contributed by atoms with van der Waals surface area (Å²) in [6.45, 7) is 0.799. The Balaban J connectivity index is 2.02. The molecule has 25 heavy (non-hydrogen) atoms. The number of hydrogen-bond donors (Lipinski definition) is 2. The zero-order chi connectivity index (χ0) is 18.2. The number of benzene rings is 2. The van der Waals surface area contributed by atoms with Crippen LogP contribution in [0.2, 0.25) is 0 Å². The first kappa shape index (κ1) is 18.7. The van der Waals surface area contributed by atoms with Crippen molar-refractivity contribution in [2.75, 3.05) is 21.2 Å². The number of aliphatic hydroxyl groups excluding tert-OH is 1. The first-order chi connectivity index (χ1) is 12.1. The van der Waals surface area contributed by atoms with Gasteiger partial charge < -0.3 is 20.1 Å². The van der Waals surface area contributed by atoms with Crippen LogP contribution in [0, 0.1) is 5.82 Å². The van der Waals surface area contributed by atoms with E-state index >= 15 is 0 Å². The zero-order valence-electron chi connectivity index (χ0n) is 14.8. The second kappa shape index (κ2) is 9.03. The molecule has 0 saturated carbocycles. The second-order valence-electron chi connectivity index (χ2n) is 5.65. The smallest absolute Gasteiger partial charge is 0.193 e. The predicted octanol–water partition coefficient (Wildman–Crippen LogP) is 2.53. The van der Waals surface area contributed by atoms with Crippen molar-refractivity contribution in [1.82, 2.24) is 10.2 Å². The third kappa shape index (κ3) is 4.93. The fourth-order valence-corrected chi connectivity index (χ4v) is 2.59. The molecule has 2 aromatic carbocycles. The monoisotopic (exact) mass is 345 g/mol. The number of methoxy groups -OCH3 is 1. The molecule has 0 radical (unpaired) electrons. The molecule has 0 spiro atoms. The Morgan fingerprint density at radius 3 is 2.68 bits per heavy atom. The minimum absolute atomic E-state index is 0.289. The number of hydrogen-bond acceptors (Lipinski definition) is 3. The standard InChI is InChI=1S/C19H24FN3O2/c1-21-19(22-11-14-8-9-17(20)16(10-14)13-24)23(2)12-15-6-4-5-7-18(15)25-3/h4-10,24H,11-13H2,1-3H3,(H,21,22). The number of rotatable bonds is 6. The quantitative estimate of drug-likeness (QED) is 0.624. The van der Waals surface area contributed by atoms with E-state index in [9.17, 15) is 4.39 Å². The van der Waals surface area contributed by atoms with Gasteiger partial charge in [0.1, 0.15) is 11.6 Å². The van der Waals surface area contributed by atoms with E-state index in [1.165, 1.54) is 6.07 Å². The number of aliphatic hydroxyl groups is 1. The number of aliphatic imine (C=N–C) groups is 1. The highest BCUT2D eigenvalue weighted by Crippen LogP contribution is 2.18. The Kier molecular flexibility index (Phi) is 6.77. The predicted molar refractivity (Wildman–Crippen MR) is 97.0 cm³/mol. The number of nitrogens with zero attached hydrogens (tertiary/aromatic N) is 2. The molecule has 0 fully saturated rings. The Hall–Kier alpha value is -2.60. The minimum atomic E-state index is -0.399. The molecule has 134 valence electrons. The highest BCUT2D eigenvalue weighted by molar-refractivity contribution is 5.79. The van der Waals surface area contributed by atoms with Crippen molar-refractivity contribution < 1.29 is 14.2 Å². The zero-order valence-corrected chi connectivity index (χ0v) is 14.8. The molecule has 0 atom stereocenters. The third-order valence-corrected chi connectivity index (χ3v) is 3.90. The van der Waals surface area contributed by atoms with Crippen LogP contribution in [-0.4, -0.2) is 37.2 Å². The Morgan fingerprint density at radius 2 is 2.00 bits per heavy atom. The lowest BCUT2D eigenvalue weighted by atomic mass is 10.1. The maximum Gasteiger partial charge on any atom is 0.193 e. The summed E-state index contributed by atoms with van der Waals surface area (Å²) >= 11 is 0. The Morgan fingerprint density at radius 1 is 1.24 bits per heavy atom. The highest BCUT2D eigenvalue weighted by Gasteiger charge is 2.10. The molecule has 0 saturated heterocycles. The van der Waals surface area contributed by atoms with Crippen LogP contribution in [0.4, 0.5) is 4.39 Å². The molecule has 0 amide bonds. The molecule has 6 heteroatoms. The van der Waals surface area contributed by atoms with Crippen LogP contribution in [0.1, 0.15) is 16.7 Å². The van der Waals surface area contributed by atoms with Gasteiger partial charge in [-0.3, -0.25) is 4.99 Å². The van der Waals surface area contributed by atoms with Crippen LogP contribution in [0.5, 0.6) is 5.75 Å². The Labute approximate surface area is 147 Å². The number of para-hydroxylation sites is 1. The molecule has 0 unspecified atom stereocenters. The van der Waals surface area contributed by atoms with Crippen LogP contribution in [0.25, 0.3) is 0 Å². The van der Waals surface area contributed by atoms with Crippen molar-refractivity contribution in [3.8, 4) is 5.75 Å². The van der Waals surface area contributed by atoms with Gasteiger partial charge in [0.25, 0.3) is 0 Å². The molecule has 2 rings (SSSR count). The summed E-state index contributed by atoms with van der Waals surface area (Å²) in [7, 11) is 5.30. The van der Waals surface area contributed by atoms with Gasteiger partial charge in [-0.1, -0.05) is 24.3 Å². The van der Waals surface area contributed by atoms with Gasteiger partial charge in [0.05, 0.1) is 13.7 Å². The fourth-order valence-electron chi connectivity index (χ4n) is 2.59. The molecule has 0 aliphatic heterocycles.